The van der Waals surface area contributed by atoms with Crippen LogP contribution >= 0.6 is 0 Å². The predicted molar refractivity (Wildman–Crippen MR) is 72.8 cm³/mol. The molecule has 1 saturated carbocycles. The lowest BCUT2D eigenvalue weighted by atomic mass is 9.81. The number of rotatable bonds is 5. The molecule has 19 heavy (non-hydrogen) atoms. The number of hydrogen-bond donors (Lipinski definition) is 1. The molecule has 0 bridgehead atoms. The lowest BCUT2D eigenvalue weighted by Gasteiger charge is -2.35. The first-order valence-electron chi connectivity index (χ1n) is 7.14. The summed E-state index contributed by atoms with van der Waals surface area (Å²) in [4.78, 5) is 4.31. The quantitative estimate of drug-likeness (QED) is 0.883. The van der Waals surface area contributed by atoms with Crippen LogP contribution in [0.4, 0.5) is 0 Å². The van der Waals surface area contributed by atoms with Gasteiger partial charge in [-0.25, -0.2) is 9.67 Å². The largest absolute Gasteiger partial charge is 0.389 e. The Morgan fingerprint density at radius 1 is 1.47 bits per heavy atom. The first kappa shape index (κ1) is 14.5. The highest BCUT2D eigenvalue weighted by Crippen LogP contribution is 2.32. The molecular weight excluding hydrogens is 242 g/mol. The summed E-state index contributed by atoms with van der Waals surface area (Å²) in [6, 6.07) is 0. The number of hydrogen-bond acceptors (Lipinski definition) is 4. The summed E-state index contributed by atoms with van der Waals surface area (Å²) in [5.41, 5.74) is -0.642. The lowest BCUT2D eigenvalue weighted by Crippen LogP contribution is -2.39. The molecule has 0 radical (unpaired) electrons. The van der Waals surface area contributed by atoms with Crippen molar-refractivity contribution in [3.8, 4) is 0 Å². The molecule has 0 saturated heterocycles. The molecular formula is C14H25N3O2. The van der Waals surface area contributed by atoms with Gasteiger partial charge in [-0.15, -0.1) is 0 Å². The van der Waals surface area contributed by atoms with E-state index in [4.69, 9.17) is 4.74 Å². The maximum Gasteiger partial charge on any atom is 0.138 e. The Balaban J connectivity index is 1.99. The third-order valence-corrected chi connectivity index (χ3v) is 3.92. The highest BCUT2D eigenvalue weighted by molar-refractivity contribution is 4.97. The molecule has 0 unspecified atom stereocenters. The van der Waals surface area contributed by atoms with Crippen molar-refractivity contribution < 1.29 is 9.84 Å². The third kappa shape index (κ3) is 3.76. The van der Waals surface area contributed by atoms with Crippen LogP contribution in [0.15, 0.2) is 6.33 Å². The molecule has 1 aliphatic rings. The Morgan fingerprint density at radius 2 is 2.16 bits per heavy atom. The standard InChI is InChI=1S/C14H25N3O2/c1-11(2)9-17-13(15-10-16-17)8-14(18)6-4-12(19-3)5-7-14/h10-12,18H,4-9H2,1-3H3. The van der Waals surface area contributed by atoms with Crippen LogP contribution in [0.2, 0.25) is 0 Å². The van der Waals surface area contributed by atoms with Crippen LogP contribution in [0.25, 0.3) is 0 Å². The van der Waals surface area contributed by atoms with E-state index in [1.807, 2.05) is 4.68 Å². The summed E-state index contributed by atoms with van der Waals surface area (Å²) in [5.74, 6) is 1.42. The smallest absolute Gasteiger partial charge is 0.138 e. The van der Waals surface area contributed by atoms with Crippen molar-refractivity contribution in [2.45, 2.75) is 64.2 Å². The Bertz CT molecular complexity index is 395. The van der Waals surface area contributed by atoms with Crippen LogP contribution in [0.3, 0.4) is 0 Å². The van der Waals surface area contributed by atoms with Crippen molar-refractivity contribution in [2.24, 2.45) is 5.92 Å². The number of ether oxygens (including phenoxy) is 1. The maximum atomic E-state index is 10.7. The van der Waals surface area contributed by atoms with E-state index in [-0.39, 0.29) is 0 Å². The number of aromatic nitrogens is 3. The molecule has 1 aromatic rings. The summed E-state index contributed by atoms with van der Waals surface area (Å²) in [6.07, 6.45) is 5.88. The van der Waals surface area contributed by atoms with E-state index < -0.39 is 5.60 Å². The van der Waals surface area contributed by atoms with Gasteiger partial charge in [-0.1, -0.05) is 13.8 Å². The number of methoxy groups -OCH3 is 1. The second-order valence-corrected chi connectivity index (χ2v) is 6.09. The monoisotopic (exact) mass is 267 g/mol. The fourth-order valence-corrected chi connectivity index (χ4v) is 2.76. The zero-order valence-electron chi connectivity index (χ0n) is 12.2. The molecule has 1 fully saturated rings. The van der Waals surface area contributed by atoms with Gasteiger partial charge in [0.15, 0.2) is 0 Å². The minimum atomic E-state index is -0.642. The van der Waals surface area contributed by atoms with Crippen molar-refractivity contribution in [3.63, 3.8) is 0 Å². The van der Waals surface area contributed by atoms with Crippen molar-refractivity contribution in [3.05, 3.63) is 12.2 Å². The Labute approximate surface area is 115 Å². The summed E-state index contributed by atoms with van der Waals surface area (Å²) in [7, 11) is 1.74. The zero-order valence-corrected chi connectivity index (χ0v) is 12.2. The second-order valence-electron chi connectivity index (χ2n) is 6.09. The normalized spacial score (nSPS) is 27.9. The maximum absolute atomic E-state index is 10.7. The molecule has 0 aromatic carbocycles. The topological polar surface area (TPSA) is 60.2 Å². The van der Waals surface area contributed by atoms with Crippen molar-refractivity contribution >= 4 is 0 Å². The molecule has 0 spiro atoms. The highest BCUT2D eigenvalue weighted by atomic mass is 16.5. The molecule has 1 N–H and O–H groups in total. The van der Waals surface area contributed by atoms with Crippen LogP contribution in [-0.4, -0.2) is 38.7 Å². The molecule has 5 heteroatoms. The average molecular weight is 267 g/mol. The van der Waals surface area contributed by atoms with Gasteiger partial charge in [-0.3, -0.25) is 0 Å². The van der Waals surface area contributed by atoms with Gasteiger partial charge in [0, 0.05) is 20.1 Å². The summed E-state index contributed by atoms with van der Waals surface area (Å²) >= 11 is 0. The summed E-state index contributed by atoms with van der Waals surface area (Å²) in [6.45, 7) is 5.17. The molecule has 1 heterocycles. The first-order chi connectivity index (χ1) is 9.02. The zero-order chi connectivity index (χ0) is 13.9. The molecule has 0 amide bonds. The fourth-order valence-electron chi connectivity index (χ4n) is 2.76. The van der Waals surface area contributed by atoms with E-state index in [2.05, 4.69) is 23.9 Å². The van der Waals surface area contributed by atoms with Gasteiger partial charge in [-0.05, 0) is 31.6 Å². The Hall–Kier alpha value is -0.940. The van der Waals surface area contributed by atoms with Crippen LogP contribution in [0.1, 0.15) is 45.4 Å². The van der Waals surface area contributed by atoms with Gasteiger partial charge in [0.2, 0.25) is 0 Å². The van der Waals surface area contributed by atoms with Crippen LogP contribution in [0.5, 0.6) is 0 Å². The molecule has 1 aliphatic carbocycles. The third-order valence-electron chi connectivity index (χ3n) is 3.92. The molecule has 1 aromatic heterocycles. The van der Waals surface area contributed by atoms with E-state index in [9.17, 15) is 5.11 Å². The second kappa shape index (κ2) is 6.01. The van der Waals surface area contributed by atoms with Crippen molar-refractivity contribution in [2.75, 3.05) is 7.11 Å². The summed E-state index contributed by atoms with van der Waals surface area (Å²) < 4.78 is 7.27. The van der Waals surface area contributed by atoms with Gasteiger partial charge < -0.3 is 9.84 Å². The highest BCUT2D eigenvalue weighted by Gasteiger charge is 2.34. The molecule has 0 atom stereocenters. The predicted octanol–water partition coefficient (Wildman–Crippen LogP) is 1.80. The van der Waals surface area contributed by atoms with Crippen molar-refractivity contribution in [1.29, 1.82) is 0 Å². The van der Waals surface area contributed by atoms with Crippen LogP contribution < -0.4 is 0 Å². The Kier molecular flexibility index (Phi) is 4.58. The number of aliphatic hydroxyl groups is 1. The van der Waals surface area contributed by atoms with Crippen LogP contribution in [0, 0.1) is 5.92 Å². The van der Waals surface area contributed by atoms with Crippen molar-refractivity contribution in [1.82, 2.24) is 14.8 Å². The minimum Gasteiger partial charge on any atom is -0.389 e. The number of nitrogens with zero attached hydrogens (tertiary/aromatic N) is 3. The van der Waals surface area contributed by atoms with Gasteiger partial charge in [0.1, 0.15) is 12.2 Å². The van der Waals surface area contributed by atoms with E-state index >= 15 is 0 Å². The minimum absolute atomic E-state index is 0.300. The molecule has 0 aliphatic heterocycles. The van der Waals surface area contributed by atoms with Gasteiger partial charge in [0.05, 0.1) is 11.7 Å². The van der Waals surface area contributed by atoms with E-state index in [0.717, 1.165) is 38.1 Å². The molecule has 2 rings (SSSR count). The van der Waals surface area contributed by atoms with E-state index in [1.165, 1.54) is 0 Å². The average Bonchev–Trinajstić information content (AvgIpc) is 2.76. The van der Waals surface area contributed by atoms with E-state index in [1.54, 1.807) is 13.4 Å². The SMILES string of the molecule is COC1CCC(O)(Cc2ncnn2CC(C)C)CC1. The lowest BCUT2D eigenvalue weighted by molar-refractivity contribution is -0.0443. The first-order valence-corrected chi connectivity index (χ1v) is 7.14. The molecule has 5 nitrogen and oxygen atoms in total. The van der Waals surface area contributed by atoms with Crippen LogP contribution in [-0.2, 0) is 17.7 Å². The summed E-state index contributed by atoms with van der Waals surface area (Å²) in [5, 5.41) is 14.9. The van der Waals surface area contributed by atoms with E-state index in [0.29, 0.717) is 18.4 Å². The Morgan fingerprint density at radius 3 is 2.74 bits per heavy atom. The van der Waals surface area contributed by atoms with Gasteiger partial charge in [-0.2, -0.15) is 5.10 Å². The van der Waals surface area contributed by atoms with Gasteiger partial charge >= 0.3 is 0 Å². The fraction of sp³-hybridized carbons (Fsp3) is 0.857. The molecule has 108 valence electrons. The van der Waals surface area contributed by atoms with Gasteiger partial charge in [0.25, 0.3) is 0 Å².